The molecular weight excluding hydrogens is 285 g/mol. The highest BCUT2D eigenvalue weighted by atomic mass is 35.5. The largest absolute Gasteiger partial charge is 0.416 e. The van der Waals surface area contributed by atoms with Crippen molar-refractivity contribution in [1.82, 2.24) is 10.1 Å². The normalized spacial score (nSPS) is 11.8. The van der Waals surface area contributed by atoms with Crippen LogP contribution in [0.1, 0.15) is 22.8 Å². The van der Waals surface area contributed by atoms with Crippen LogP contribution in [0.25, 0.3) is 0 Å². The smallest absolute Gasteiger partial charge is 0.387 e. The summed E-state index contributed by atoms with van der Waals surface area (Å²) in [5.41, 5.74) is -0.522. The first-order chi connectivity index (χ1) is 8.88. The lowest BCUT2D eigenvalue weighted by molar-refractivity contribution is -0.137. The number of hydrogen-bond acceptors (Lipinski definition) is 4. The molecule has 19 heavy (non-hydrogen) atoms. The van der Waals surface area contributed by atoms with E-state index in [4.69, 9.17) is 16.7 Å². The Morgan fingerprint density at radius 1 is 1.26 bits per heavy atom. The maximum Gasteiger partial charge on any atom is 0.416 e. The number of rotatable bonds is 3. The highest BCUT2D eigenvalue weighted by molar-refractivity contribution is 6.30. The van der Waals surface area contributed by atoms with Crippen LogP contribution in [0, 0.1) is 0 Å². The SMILES string of the molecule is OCc1nc(Cc2cc(Cl)cc(C(F)(F)F)c2)no1. The first-order valence-electron chi connectivity index (χ1n) is 5.17. The highest BCUT2D eigenvalue weighted by Gasteiger charge is 2.31. The van der Waals surface area contributed by atoms with E-state index in [1.165, 1.54) is 6.07 Å². The molecule has 1 heterocycles. The van der Waals surface area contributed by atoms with Gasteiger partial charge in [-0.15, -0.1) is 0 Å². The summed E-state index contributed by atoms with van der Waals surface area (Å²) in [5.74, 6) is 0.188. The Balaban J connectivity index is 2.27. The zero-order valence-electron chi connectivity index (χ0n) is 9.41. The van der Waals surface area contributed by atoms with Crippen LogP contribution in [0.2, 0.25) is 5.02 Å². The van der Waals surface area contributed by atoms with Gasteiger partial charge in [-0.05, 0) is 23.8 Å². The van der Waals surface area contributed by atoms with E-state index in [2.05, 4.69) is 14.7 Å². The molecule has 0 saturated carbocycles. The zero-order valence-corrected chi connectivity index (χ0v) is 10.2. The predicted octanol–water partition coefficient (Wildman–Crippen LogP) is 2.82. The molecule has 0 fully saturated rings. The van der Waals surface area contributed by atoms with E-state index in [9.17, 15) is 13.2 Å². The fourth-order valence-corrected chi connectivity index (χ4v) is 1.78. The first-order valence-corrected chi connectivity index (χ1v) is 5.55. The molecule has 0 saturated heterocycles. The van der Waals surface area contributed by atoms with E-state index in [1.807, 2.05) is 0 Å². The van der Waals surface area contributed by atoms with E-state index < -0.39 is 18.3 Å². The van der Waals surface area contributed by atoms with E-state index in [0.29, 0.717) is 5.56 Å². The topological polar surface area (TPSA) is 59.2 Å². The molecule has 2 rings (SSSR count). The van der Waals surface area contributed by atoms with Gasteiger partial charge in [-0.25, -0.2) is 0 Å². The molecule has 102 valence electrons. The average molecular weight is 293 g/mol. The maximum atomic E-state index is 12.6. The molecule has 0 aliphatic carbocycles. The summed E-state index contributed by atoms with van der Waals surface area (Å²) in [4.78, 5) is 3.79. The lowest BCUT2D eigenvalue weighted by atomic mass is 10.1. The van der Waals surface area contributed by atoms with Gasteiger partial charge in [0.05, 0.1) is 5.56 Å². The van der Waals surface area contributed by atoms with Gasteiger partial charge in [0.1, 0.15) is 6.61 Å². The number of aliphatic hydroxyl groups is 1. The second-order valence-corrected chi connectivity index (χ2v) is 4.22. The third-order valence-electron chi connectivity index (χ3n) is 2.29. The average Bonchev–Trinajstić information content (AvgIpc) is 2.75. The fraction of sp³-hybridized carbons (Fsp3) is 0.273. The standard InChI is InChI=1S/C11H8ClF3N2O2/c12-8-2-6(1-7(4-8)11(13,14)15)3-9-16-10(5-18)19-17-9/h1-2,4,18H,3,5H2. The lowest BCUT2D eigenvalue weighted by Crippen LogP contribution is -2.06. The first kappa shape index (κ1) is 13.8. The molecule has 0 radical (unpaired) electrons. The molecule has 0 amide bonds. The van der Waals surface area contributed by atoms with Crippen LogP contribution < -0.4 is 0 Å². The Kier molecular flexibility index (Phi) is 3.77. The number of halogens is 4. The Morgan fingerprint density at radius 3 is 2.58 bits per heavy atom. The Bertz CT molecular complexity index is 584. The Labute approximate surface area is 110 Å². The molecule has 0 spiro atoms. The minimum atomic E-state index is -4.47. The summed E-state index contributed by atoms with van der Waals surface area (Å²) in [6.07, 6.45) is -4.43. The van der Waals surface area contributed by atoms with Gasteiger partial charge in [-0.3, -0.25) is 0 Å². The molecule has 0 atom stereocenters. The molecular formula is C11H8ClF3N2O2. The van der Waals surface area contributed by atoms with E-state index in [0.717, 1.165) is 12.1 Å². The van der Waals surface area contributed by atoms with Gasteiger partial charge in [0, 0.05) is 11.4 Å². The summed E-state index contributed by atoms with van der Waals surface area (Å²) in [5, 5.41) is 12.3. The molecule has 4 nitrogen and oxygen atoms in total. The van der Waals surface area contributed by atoms with Gasteiger partial charge in [0.15, 0.2) is 5.82 Å². The molecule has 1 aromatic carbocycles. The van der Waals surface area contributed by atoms with Crippen LogP contribution >= 0.6 is 11.6 Å². The molecule has 1 N–H and O–H groups in total. The summed E-state index contributed by atoms with van der Waals surface area (Å²) in [7, 11) is 0. The fourth-order valence-electron chi connectivity index (χ4n) is 1.52. The third kappa shape index (κ3) is 3.45. The van der Waals surface area contributed by atoms with Crippen LogP contribution in [-0.2, 0) is 19.2 Å². The molecule has 0 unspecified atom stereocenters. The molecule has 1 aromatic heterocycles. The van der Waals surface area contributed by atoms with Gasteiger partial charge in [0.25, 0.3) is 5.89 Å². The Hall–Kier alpha value is -1.60. The minimum absolute atomic E-state index is 0.00747. The van der Waals surface area contributed by atoms with Crippen LogP contribution in [0.3, 0.4) is 0 Å². The van der Waals surface area contributed by atoms with Crippen molar-refractivity contribution in [2.45, 2.75) is 19.2 Å². The number of hydrogen-bond donors (Lipinski definition) is 1. The molecule has 2 aromatic rings. The highest BCUT2D eigenvalue weighted by Crippen LogP contribution is 2.32. The molecule has 0 aliphatic rings. The monoisotopic (exact) mass is 292 g/mol. The number of aromatic nitrogens is 2. The van der Waals surface area contributed by atoms with Crippen LogP contribution in [0.5, 0.6) is 0 Å². The van der Waals surface area contributed by atoms with Crippen molar-refractivity contribution in [3.63, 3.8) is 0 Å². The number of alkyl halides is 3. The van der Waals surface area contributed by atoms with E-state index >= 15 is 0 Å². The van der Waals surface area contributed by atoms with Crippen LogP contribution in [-0.4, -0.2) is 15.2 Å². The lowest BCUT2D eigenvalue weighted by Gasteiger charge is -2.08. The molecule has 8 heteroatoms. The predicted molar refractivity (Wildman–Crippen MR) is 59.5 cm³/mol. The summed E-state index contributed by atoms with van der Waals surface area (Å²) >= 11 is 5.65. The van der Waals surface area contributed by atoms with Gasteiger partial charge < -0.3 is 9.63 Å². The second kappa shape index (κ2) is 5.18. The van der Waals surface area contributed by atoms with Gasteiger partial charge in [0.2, 0.25) is 0 Å². The van der Waals surface area contributed by atoms with Gasteiger partial charge in [-0.2, -0.15) is 18.2 Å². The summed E-state index contributed by atoms with van der Waals surface area (Å²) in [6, 6.07) is 3.22. The van der Waals surface area contributed by atoms with Crippen molar-refractivity contribution in [3.05, 3.63) is 46.1 Å². The number of nitrogens with zero attached hydrogens (tertiary/aromatic N) is 2. The van der Waals surface area contributed by atoms with Gasteiger partial charge >= 0.3 is 6.18 Å². The maximum absolute atomic E-state index is 12.6. The van der Waals surface area contributed by atoms with Gasteiger partial charge in [-0.1, -0.05) is 16.8 Å². The van der Waals surface area contributed by atoms with Crippen molar-refractivity contribution < 1.29 is 22.8 Å². The zero-order chi connectivity index (χ0) is 14.0. The summed E-state index contributed by atoms with van der Waals surface area (Å²) in [6.45, 7) is -0.420. The van der Waals surface area contributed by atoms with Crippen molar-refractivity contribution in [3.8, 4) is 0 Å². The number of benzene rings is 1. The number of aliphatic hydroxyl groups excluding tert-OH is 1. The van der Waals surface area contributed by atoms with Crippen molar-refractivity contribution >= 4 is 11.6 Å². The van der Waals surface area contributed by atoms with Crippen molar-refractivity contribution in [2.24, 2.45) is 0 Å². The van der Waals surface area contributed by atoms with Crippen molar-refractivity contribution in [2.75, 3.05) is 0 Å². The van der Waals surface area contributed by atoms with E-state index in [-0.39, 0.29) is 23.2 Å². The van der Waals surface area contributed by atoms with E-state index in [1.54, 1.807) is 0 Å². The molecule has 0 bridgehead atoms. The van der Waals surface area contributed by atoms with Crippen LogP contribution in [0.15, 0.2) is 22.7 Å². The summed E-state index contributed by atoms with van der Waals surface area (Å²) < 4.78 is 42.5. The van der Waals surface area contributed by atoms with Crippen LogP contribution in [0.4, 0.5) is 13.2 Å². The third-order valence-corrected chi connectivity index (χ3v) is 2.51. The molecule has 0 aliphatic heterocycles. The van der Waals surface area contributed by atoms with Crippen molar-refractivity contribution in [1.29, 1.82) is 0 Å². The second-order valence-electron chi connectivity index (χ2n) is 3.79. The Morgan fingerprint density at radius 2 is 2.00 bits per heavy atom. The minimum Gasteiger partial charge on any atom is -0.387 e. The quantitative estimate of drug-likeness (QED) is 0.945.